The van der Waals surface area contributed by atoms with Crippen molar-refractivity contribution < 1.29 is 13.2 Å². The Morgan fingerprint density at radius 3 is 2.88 bits per heavy atom. The standard InChI is InChI=1S/C8H9F3N6/c9-8(10,11)2-1-3-13-6-4-12-5-7-14-15-16-17(6)7/h4-5,13H,1-3H2. The van der Waals surface area contributed by atoms with Gasteiger partial charge >= 0.3 is 6.18 Å². The first kappa shape index (κ1) is 11.6. The minimum Gasteiger partial charge on any atom is -0.369 e. The topological polar surface area (TPSA) is 68.0 Å². The van der Waals surface area contributed by atoms with Crippen molar-refractivity contribution in [3.05, 3.63) is 12.4 Å². The van der Waals surface area contributed by atoms with Crippen LogP contribution in [0, 0.1) is 0 Å². The van der Waals surface area contributed by atoms with Crippen molar-refractivity contribution >= 4 is 11.5 Å². The lowest BCUT2D eigenvalue weighted by Gasteiger charge is -2.08. The fourth-order valence-electron chi connectivity index (χ4n) is 1.30. The second kappa shape index (κ2) is 4.52. The van der Waals surface area contributed by atoms with Crippen molar-refractivity contribution in [3.63, 3.8) is 0 Å². The molecule has 0 radical (unpaired) electrons. The van der Waals surface area contributed by atoms with E-state index in [0.717, 1.165) is 0 Å². The van der Waals surface area contributed by atoms with Gasteiger partial charge in [-0.2, -0.15) is 17.7 Å². The number of nitrogens with zero attached hydrogens (tertiary/aromatic N) is 5. The number of hydrogen-bond acceptors (Lipinski definition) is 5. The smallest absolute Gasteiger partial charge is 0.369 e. The van der Waals surface area contributed by atoms with Crippen LogP contribution in [0.2, 0.25) is 0 Å². The van der Waals surface area contributed by atoms with Crippen LogP contribution in [-0.4, -0.2) is 37.7 Å². The highest BCUT2D eigenvalue weighted by Gasteiger charge is 2.25. The monoisotopic (exact) mass is 246 g/mol. The van der Waals surface area contributed by atoms with Crippen molar-refractivity contribution in [2.45, 2.75) is 19.0 Å². The molecule has 1 N–H and O–H groups in total. The number of tetrazole rings is 1. The second-order valence-electron chi connectivity index (χ2n) is 3.39. The summed E-state index contributed by atoms with van der Waals surface area (Å²) < 4.78 is 37.1. The van der Waals surface area contributed by atoms with E-state index in [4.69, 9.17) is 0 Å². The number of alkyl halides is 3. The highest BCUT2D eigenvalue weighted by Crippen LogP contribution is 2.21. The molecule has 6 nitrogen and oxygen atoms in total. The van der Waals surface area contributed by atoms with Gasteiger partial charge in [-0.15, -0.1) is 5.10 Å². The van der Waals surface area contributed by atoms with Gasteiger partial charge in [0.2, 0.25) is 0 Å². The lowest BCUT2D eigenvalue weighted by molar-refractivity contribution is -0.134. The first-order valence-electron chi connectivity index (χ1n) is 4.89. The summed E-state index contributed by atoms with van der Waals surface area (Å²) in [6.07, 6.45) is -2.04. The molecule has 0 atom stereocenters. The van der Waals surface area contributed by atoms with E-state index < -0.39 is 12.6 Å². The number of anilines is 1. The van der Waals surface area contributed by atoms with E-state index in [1.165, 1.54) is 16.9 Å². The van der Waals surface area contributed by atoms with Crippen LogP contribution in [0.1, 0.15) is 12.8 Å². The number of fused-ring (bicyclic) bond motifs is 1. The van der Waals surface area contributed by atoms with E-state index in [9.17, 15) is 13.2 Å². The largest absolute Gasteiger partial charge is 0.389 e. The van der Waals surface area contributed by atoms with Crippen molar-refractivity contribution in [3.8, 4) is 0 Å². The molecule has 0 amide bonds. The minimum absolute atomic E-state index is 0.0119. The van der Waals surface area contributed by atoms with Crippen LogP contribution < -0.4 is 5.32 Å². The lowest BCUT2D eigenvalue weighted by Crippen LogP contribution is -2.12. The van der Waals surface area contributed by atoms with Gasteiger partial charge in [-0.25, -0.2) is 0 Å². The third-order valence-electron chi connectivity index (χ3n) is 2.05. The maximum Gasteiger partial charge on any atom is 0.389 e. The van der Waals surface area contributed by atoms with Crippen molar-refractivity contribution in [1.82, 2.24) is 25.0 Å². The number of aromatic nitrogens is 5. The zero-order chi connectivity index (χ0) is 12.3. The summed E-state index contributed by atoms with van der Waals surface area (Å²) in [4.78, 5) is 3.86. The Morgan fingerprint density at radius 1 is 1.29 bits per heavy atom. The van der Waals surface area contributed by atoms with Crippen LogP contribution in [0.5, 0.6) is 0 Å². The Morgan fingerprint density at radius 2 is 2.12 bits per heavy atom. The van der Waals surface area contributed by atoms with Crippen LogP contribution in [0.15, 0.2) is 12.4 Å². The fraction of sp³-hybridized carbons (Fsp3) is 0.500. The summed E-state index contributed by atoms with van der Waals surface area (Å²) in [5, 5.41) is 13.6. The second-order valence-corrected chi connectivity index (χ2v) is 3.39. The lowest BCUT2D eigenvalue weighted by atomic mass is 10.3. The summed E-state index contributed by atoms with van der Waals surface area (Å²) in [7, 11) is 0. The van der Waals surface area contributed by atoms with E-state index in [1.807, 2.05) is 0 Å². The normalized spacial score (nSPS) is 11.9. The van der Waals surface area contributed by atoms with Crippen LogP contribution in [0.4, 0.5) is 19.0 Å². The molecule has 0 bridgehead atoms. The van der Waals surface area contributed by atoms with Gasteiger partial charge in [0.25, 0.3) is 0 Å². The third kappa shape index (κ3) is 3.02. The molecular formula is C8H9F3N6. The molecule has 0 spiro atoms. The van der Waals surface area contributed by atoms with E-state index in [-0.39, 0.29) is 13.0 Å². The number of halogens is 3. The van der Waals surface area contributed by atoms with Crippen LogP contribution in [0.3, 0.4) is 0 Å². The Bertz CT molecular complexity index is 493. The van der Waals surface area contributed by atoms with Gasteiger partial charge in [-0.3, -0.25) is 4.98 Å². The molecule has 17 heavy (non-hydrogen) atoms. The van der Waals surface area contributed by atoms with Crippen LogP contribution in [-0.2, 0) is 0 Å². The molecule has 92 valence electrons. The van der Waals surface area contributed by atoms with E-state index >= 15 is 0 Å². The molecule has 0 unspecified atom stereocenters. The quantitative estimate of drug-likeness (QED) is 0.823. The van der Waals surface area contributed by atoms with Gasteiger partial charge < -0.3 is 5.32 Å². The van der Waals surface area contributed by atoms with E-state index in [1.54, 1.807) is 0 Å². The molecule has 0 aliphatic rings. The molecule has 0 saturated heterocycles. The number of hydrogen-bond donors (Lipinski definition) is 1. The Balaban J connectivity index is 1.93. The van der Waals surface area contributed by atoms with Gasteiger partial charge in [0, 0.05) is 13.0 Å². The Labute approximate surface area is 93.8 Å². The summed E-state index contributed by atoms with van der Waals surface area (Å²) in [5.74, 6) is 0.467. The Kier molecular flexibility index (Phi) is 3.07. The van der Waals surface area contributed by atoms with Crippen LogP contribution >= 0.6 is 0 Å². The van der Waals surface area contributed by atoms with Gasteiger partial charge in [0.15, 0.2) is 5.65 Å². The molecule has 0 aliphatic carbocycles. The summed E-state index contributed by atoms with van der Waals surface area (Å²) in [6.45, 7) is 0.181. The fourth-order valence-corrected chi connectivity index (χ4v) is 1.30. The molecular weight excluding hydrogens is 237 g/mol. The first-order valence-corrected chi connectivity index (χ1v) is 4.89. The third-order valence-corrected chi connectivity index (χ3v) is 2.05. The zero-order valence-corrected chi connectivity index (χ0v) is 8.65. The molecule has 0 aromatic carbocycles. The average molecular weight is 246 g/mol. The molecule has 2 aromatic heterocycles. The van der Waals surface area contributed by atoms with Gasteiger partial charge in [0.1, 0.15) is 5.82 Å². The molecule has 2 heterocycles. The molecule has 0 saturated carbocycles. The maximum absolute atomic E-state index is 11.9. The molecule has 9 heteroatoms. The summed E-state index contributed by atoms with van der Waals surface area (Å²) in [6, 6.07) is 0. The van der Waals surface area contributed by atoms with E-state index in [0.29, 0.717) is 11.5 Å². The van der Waals surface area contributed by atoms with Crippen molar-refractivity contribution in [1.29, 1.82) is 0 Å². The van der Waals surface area contributed by atoms with Crippen molar-refractivity contribution in [2.75, 3.05) is 11.9 Å². The number of rotatable bonds is 4. The van der Waals surface area contributed by atoms with E-state index in [2.05, 4.69) is 25.8 Å². The molecule has 2 rings (SSSR count). The van der Waals surface area contributed by atoms with Gasteiger partial charge in [-0.1, -0.05) is 0 Å². The SMILES string of the molecule is FC(F)(F)CCCNc1cncc2nnnn12. The predicted octanol–water partition coefficient (Wildman–Crippen LogP) is 1.27. The zero-order valence-electron chi connectivity index (χ0n) is 8.65. The Hall–Kier alpha value is -1.93. The van der Waals surface area contributed by atoms with Gasteiger partial charge in [0.05, 0.1) is 12.4 Å². The average Bonchev–Trinajstić information content (AvgIpc) is 2.71. The number of nitrogens with one attached hydrogen (secondary N) is 1. The molecule has 0 aliphatic heterocycles. The summed E-state index contributed by atoms with van der Waals surface area (Å²) in [5.41, 5.74) is 0.436. The highest BCUT2D eigenvalue weighted by atomic mass is 19.4. The molecule has 0 fully saturated rings. The molecule has 2 aromatic rings. The van der Waals surface area contributed by atoms with Gasteiger partial charge in [-0.05, 0) is 16.8 Å². The minimum atomic E-state index is -4.12. The first-order chi connectivity index (χ1) is 8.06. The van der Waals surface area contributed by atoms with Crippen molar-refractivity contribution in [2.24, 2.45) is 0 Å². The highest BCUT2D eigenvalue weighted by molar-refractivity contribution is 5.43. The summed E-state index contributed by atoms with van der Waals surface area (Å²) >= 11 is 0. The maximum atomic E-state index is 11.9. The van der Waals surface area contributed by atoms with Crippen LogP contribution in [0.25, 0.3) is 5.65 Å². The predicted molar refractivity (Wildman–Crippen MR) is 52.4 cm³/mol.